The van der Waals surface area contributed by atoms with Crippen molar-refractivity contribution in [3.8, 4) is 5.75 Å². The number of para-hydroxylation sites is 2. The van der Waals surface area contributed by atoms with E-state index < -0.39 is 21.6 Å². The van der Waals surface area contributed by atoms with E-state index in [-0.39, 0.29) is 37.7 Å². The molecule has 0 radical (unpaired) electrons. The van der Waals surface area contributed by atoms with E-state index in [4.69, 9.17) is 4.74 Å². The molecule has 0 aliphatic carbocycles. The van der Waals surface area contributed by atoms with Gasteiger partial charge in [0.05, 0.1) is 19.1 Å². The number of carbonyl (C=O) groups is 2. The molecule has 0 bridgehead atoms. The maximum Gasteiger partial charge on any atom is 0.242 e. The van der Waals surface area contributed by atoms with Gasteiger partial charge < -0.3 is 15.0 Å². The van der Waals surface area contributed by atoms with Crippen LogP contribution in [0.2, 0.25) is 0 Å². The first-order valence-electron chi connectivity index (χ1n) is 12.0. The van der Waals surface area contributed by atoms with E-state index in [9.17, 15) is 18.0 Å². The van der Waals surface area contributed by atoms with Gasteiger partial charge in [-0.3, -0.25) is 13.9 Å². The van der Waals surface area contributed by atoms with Gasteiger partial charge in [-0.05, 0) is 58.7 Å². The van der Waals surface area contributed by atoms with Crippen molar-refractivity contribution in [1.82, 2.24) is 10.2 Å². The topological polar surface area (TPSA) is 96.0 Å². The van der Waals surface area contributed by atoms with Crippen LogP contribution in [0.3, 0.4) is 0 Å². The number of rotatable bonds is 11. The smallest absolute Gasteiger partial charge is 0.242 e. The van der Waals surface area contributed by atoms with Crippen LogP contribution >= 0.6 is 0 Å². The predicted molar refractivity (Wildman–Crippen MR) is 144 cm³/mol. The first-order valence-corrected chi connectivity index (χ1v) is 13.9. The molecule has 2 rings (SSSR count). The lowest BCUT2D eigenvalue weighted by Gasteiger charge is -2.32. The Morgan fingerprint density at radius 3 is 2.22 bits per heavy atom. The van der Waals surface area contributed by atoms with Crippen LogP contribution in [-0.2, 0) is 26.2 Å². The number of hydrogen-bond donors (Lipinski definition) is 1. The van der Waals surface area contributed by atoms with Crippen molar-refractivity contribution in [2.24, 2.45) is 0 Å². The molecule has 0 aromatic heterocycles. The number of anilines is 1. The number of hydrogen-bond acceptors (Lipinski definition) is 5. The van der Waals surface area contributed by atoms with Gasteiger partial charge in [0.1, 0.15) is 11.8 Å². The maximum atomic E-state index is 13.4. The van der Waals surface area contributed by atoms with Gasteiger partial charge in [-0.2, -0.15) is 0 Å². The second-order valence-corrected chi connectivity index (χ2v) is 11.9. The van der Waals surface area contributed by atoms with E-state index in [0.29, 0.717) is 11.4 Å². The Kier molecular flexibility index (Phi) is 9.93. The molecule has 0 saturated carbocycles. The fourth-order valence-corrected chi connectivity index (χ4v) is 4.73. The van der Waals surface area contributed by atoms with Crippen molar-refractivity contribution in [3.05, 3.63) is 59.7 Å². The Morgan fingerprint density at radius 1 is 1.06 bits per heavy atom. The molecule has 2 amide bonds. The van der Waals surface area contributed by atoms with E-state index in [0.717, 1.165) is 17.4 Å². The number of aryl methyl sites for hydroxylation is 1. The number of methoxy groups -OCH3 is 1. The van der Waals surface area contributed by atoms with Crippen molar-refractivity contribution in [2.45, 2.75) is 65.6 Å². The van der Waals surface area contributed by atoms with Gasteiger partial charge in [0, 0.05) is 25.0 Å². The van der Waals surface area contributed by atoms with Crippen LogP contribution in [0.1, 0.15) is 51.7 Å². The Hall–Kier alpha value is -3.07. The zero-order valence-electron chi connectivity index (χ0n) is 22.4. The van der Waals surface area contributed by atoms with Gasteiger partial charge in [-0.15, -0.1) is 0 Å². The molecule has 0 aliphatic rings. The van der Waals surface area contributed by atoms with Gasteiger partial charge in [0.25, 0.3) is 0 Å². The summed E-state index contributed by atoms with van der Waals surface area (Å²) in [5.74, 6) is -0.0296. The summed E-state index contributed by atoms with van der Waals surface area (Å²) in [6.45, 7) is 9.75. The minimum atomic E-state index is -3.61. The van der Waals surface area contributed by atoms with E-state index in [1.807, 2.05) is 52.0 Å². The van der Waals surface area contributed by atoms with Gasteiger partial charge in [-0.1, -0.05) is 42.0 Å². The molecule has 2 aromatic rings. The molecular formula is C27H39N3O5S. The summed E-state index contributed by atoms with van der Waals surface area (Å²) in [7, 11) is -2.13. The summed E-state index contributed by atoms with van der Waals surface area (Å²) >= 11 is 0. The molecule has 2 aromatic carbocycles. The first kappa shape index (κ1) is 29.2. The van der Waals surface area contributed by atoms with Crippen LogP contribution in [-0.4, -0.2) is 56.6 Å². The molecule has 1 N–H and O–H groups in total. The summed E-state index contributed by atoms with van der Waals surface area (Å²) in [5.41, 5.74) is 2.00. The zero-order chi connectivity index (χ0) is 27.1. The monoisotopic (exact) mass is 517 g/mol. The average molecular weight is 518 g/mol. The number of sulfonamides is 1. The molecule has 0 heterocycles. The molecule has 36 heavy (non-hydrogen) atoms. The zero-order valence-corrected chi connectivity index (χ0v) is 23.2. The van der Waals surface area contributed by atoms with Crippen molar-refractivity contribution in [3.63, 3.8) is 0 Å². The van der Waals surface area contributed by atoms with Gasteiger partial charge in [0.2, 0.25) is 21.8 Å². The van der Waals surface area contributed by atoms with Gasteiger partial charge in [0.15, 0.2) is 0 Å². The minimum Gasteiger partial charge on any atom is -0.495 e. The van der Waals surface area contributed by atoms with Crippen molar-refractivity contribution in [2.75, 3.05) is 24.2 Å². The molecule has 0 fully saturated rings. The SMILES string of the molecule is COc1ccccc1N(CCCC(=O)N(Cc1ccc(C)cc1)[C@@H](C)C(=O)NC(C)(C)C)S(C)(=O)=O. The maximum absolute atomic E-state index is 13.4. The highest BCUT2D eigenvalue weighted by molar-refractivity contribution is 7.92. The quantitative estimate of drug-likeness (QED) is 0.488. The summed E-state index contributed by atoms with van der Waals surface area (Å²) in [6, 6.07) is 14.0. The van der Waals surface area contributed by atoms with Crippen molar-refractivity contribution >= 4 is 27.5 Å². The van der Waals surface area contributed by atoms with Crippen LogP contribution in [0.15, 0.2) is 48.5 Å². The third kappa shape index (κ3) is 8.55. The number of ether oxygens (including phenoxy) is 1. The highest BCUT2D eigenvalue weighted by Gasteiger charge is 2.29. The predicted octanol–water partition coefficient (Wildman–Crippen LogP) is 3.88. The van der Waals surface area contributed by atoms with Gasteiger partial charge in [-0.25, -0.2) is 8.42 Å². The van der Waals surface area contributed by atoms with Gasteiger partial charge >= 0.3 is 0 Å². The molecule has 1 atom stereocenters. The lowest BCUT2D eigenvalue weighted by molar-refractivity contribution is -0.141. The lowest BCUT2D eigenvalue weighted by Crippen LogP contribution is -2.52. The molecule has 0 saturated heterocycles. The Bertz CT molecular complexity index is 1140. The second-order valence-electron chi connectivity index (χ2n) is 10.0. The Balaban J connectivity index is 2.21. The highest BCUT2D eigenvalue weighted by atomic mass is 32.2. The fourth-order valence-electron chi connectivity index (χ4n) is 3.77. The van der Waals surface area contributed by atoms with E-state index in [1.54, 1.807) is 36.1 Å². The first-order chi connectivity index (χ1) is 16.7. The van der Waals surface area contributed by atoms with E-state index in [1.165, 1.54) is 11.4 Å². The fraction of sp³-hybridized carbons (Fsp3) is 0.481. The third-order valence-corrected chi connectivity index (χ3v) is 6.82. The molecule has 8 nitrogen and oxygen atoms in total. The Labute approximate surface area is 215 Å². The van der Waals surface area contributed by atoms with Crippen LogP contribution < -0.4 is 14.4 Å². The highest BCUT2D eigenvalue weighted by Crippen LogP contribution is 2.29. The number of amides is 2. The van der Waals surface area contributed by atoms with Crippen LogP contribution in [0.5, 0.6) is 5.75 Å². The number of nitrogens with one attached hydrogen (secondary N) is 1. The number of benzene rings is 2. The molecule has 0 spiro atoms. The molecule has 198 valence electrons. The number of nitrogens with zero attached hydrogens (tertiary/aromatic N) is 2. The summed E-state index contributed by atoms with van der Waals surface area (Å²) in [4.78, 5) is 27.8. The van der Waals surface area contributed by atoms with Crippen LogP contribution in [0.25, 0.3) is 0 Å². The molecule has 0 unspecified atom stereocenters. The average Bonchev–Trinajstić information content (AvgIpc) is 2.79. The van der Waals surface area contributed by atoms with Crippen molar-refractivity contribution in [1.29, 1.82) is 0 Å². The van der Waals surface area contributed by atoms with Crippen LogP contribution in [0.4, 0.5) is 5.69 Å². The molecule has 0 aliphatic heterocycles. The number of carbonyl (C=O) groups excluding carboxylic acids is 2. The van der Waals surface area contributed by atoms with Crippen LogP contribution in [0, 0.1) is 6.92 Å². The lowest BCUT2D eigenvalue weighted by atomic mass is 10.1. The molecule has 9 heteroatoms. The summed E-state index contributed by atoms with van der Waals surface area (Å²) in [5, 5.41) is 2.94. The van der Waals surface area contributed by atoms with E-state index in [2.05, 4.69) is 5.32 Å². The standard InChI is InChI=1S/C27H39N3O5S/c1-20-14-16-22(17-15-20)19-29(21(2)26(32)28-27(3,4)5)25(31)13-10-18-30(36(7,33)34)23-11-8-9-12-24(23)35-6/h8-9,11-12,14-17,21H,10,13,18-19H2,1-7H3,(H,28,32)/t21-/m0/s1. The largest absolute Gasteiger partial charge is 0.495 e. The minimum absolute atomic E-state index is 0.0835. The summed E-state index contributed by atoms with van der Waals surface area (Å²) in [6.07, 6.45) is 1.49. The second kappa shape index (κ2) is 12.3. The Morgan fingerprint density at radius 2 is 1.67 bits per heavy atom. The normalized spacial score (nSPS) is 12.5. The third-order valence-electron chi connectivity index (χ3n) is 5.65. The summed E-state index contributed by atoms with van der Waals surface area (Å²) < 4.78 is 31.6. The van der Waals surface area contributed by atoms with Crippen molar-refractivity contribution < 1.29 is 22.7 Å². The van der Waals surface area contributed by atoms with E-state index >= 15 is 0 Å². The molecular weight excluding hydrogens is 478 g/mol.